The maximum Gasteiger partial charge on any atom is 0.264 e. The molecule has 0 saturated carbocycles. The van der Waals surface area contributed by atoms with Gasteiger partial charge in [0, 0.05) is 38.3 Å². The third-order valence-corrected chi connectivity index (χ3v) is 11.1. The number of carbonyl (C=O) groups excluding carboxylic acids is 1. The molecular weight excluding hydrogens is 604 g/mol. The van der Waals surface area contributed by atoms with Crippen LogP contribution in [0.2, 0.25) is 0 Å². The second-order valence-electron chi connectivity index (χ2n) is 11.0. The number of thiazole rings is 1. The number of morpholine rings is 1. The summed E-state index contributed by atoms with van der Waals surface area (Å²) in [6, 6.07) is 18.2. The zero-order valence-electron chi connectivity index (χ0n) is 24.5. The van der Waals surface area contributed by atoms with Gasteiger partial charge < -0.3 is 4.74 Å². The van der Waals surface area contributed by atoms with Crippen LogP contribution in [0.5, 0.6) is 0 Å². The van der Waals surface area contributed by atoms with Gasteiger partial charge in [-0.3, -0.25) is 18.9 Å². The molecule has 4 aromatic rings. The fourth-order valence-corrected chi connectivity index (χ4v) is 8.26. The molecule has 8 nitrogen and oxygen atoms in total. The molecule has 228 valence electrons. The number of ether oxygens (including phenoxy) is 1. The number of halogens is 1. The molecule has 1 aromatic heterocycles. The van der Waals surface area contributed by atoms with E-state index in [2.05, 4.69) is 30.9 Å². The summed E-state index contributed by atoms with van der Waals surface area (Å²) >= 11 is 1.51. The van der Waals surface area contributed by atoms with Crippen LogP contribution < -0.4 is 9.21 Å². The van der Waals surface area contributed by atoms with Crippen molar-refractivity contribution in [2.45, 2.75) is 38.0 Å². The van der Waals surface area contributed by atoms with Crippen molar-refractivity contribution < 1.29 is 17.9 Å². The number of amides is 1. The molecule has 0 radical (unpaired) electrons. The van der Waals surface area contributed by atoms with Crippen molar-refractivity contribution in [3.63, 3.8) is 0 Å². The first-order chi connectivity index (χ1) is 20.3. The van der Waals surface area contributed by atoms with E-state index in [0.29, 0.717) is 23.8 Å². The van der Waals surface area contributed by atoms with Crippen molar-refractivity contribution in [3.8, 4) is 0 Å². The van der Waals surface area contributed by atoms with E-state index in [0.717, 1.165) is 79.1 Å². The molecule has 43 heavy (non-hydrogen) atoms. The molecule has 2 aliphatic heterocycles. The molecule has 1 fully saturated rings. The Balaban J connectivity index is 0.00000368. The van der Waals surface area contributed by atoms with Gasteiger partial charge in [-0.25, -0.2) is 13.4 Å². The summed E-state index contributed by atoms with van der Waals surface area (Å²) in [5, 5.41) is 0.656. The number of aromatic nitrogens is 1. The number of fused-ring (bicyclic) bond motifs is 2. The first-order valence-corrected chi connectivity index (χ1v) is 16.8. The lowest BCUT2D eigenvalue weighted by molar-refractivity contribution is 0.0376. The summed E-state index contributed by atoms with van der Waals surface area (Å²) in [6.45, 7) is 9.22. The Bertz CT molecular complexity index is 1660. The minimum absolute atomic E-state index is 0. The van der Waals surface area contributed by atoms with E-state index >= 15 is 0 Å². The van der Waals surface area contributed by atoms with Gasteiger partial charge in [0.25, 0.3) is 15.9 Å². The van der Waals surface area contributed by atoms with Crippen molar-refractivity contribution >= 4 is 60.7 Å². The van der Waals surface area contributed by atoms with Crippen LogP contribution in [-0.2, 0) is 21.2 Å². The van der Waals surface area contributed by atoms with E-state index in [1.165, 1.54) is 21.2 Å². The predicted molar refractivity (Wildman–Crippen MR) is 176 cm³/mol. The normalized spacial score (nSPS) is 15.6. The van der Waals surface area contributed by atoms with E-state index < -0.39 is 10.0 Å². The monoisotopic (exact) mass is 640 g/mol. The van der Waals surface area contributed by atoms with Gasteiger partial charge in [-0.1, -0.05) is 29.5 Å². The lowest BCUT2D eigenvalue weighted by Gasteiger charge is -2.30. The van der Waals surface area contributed by atoms with Gasteiger partial charge in [0.15, 0.2) is 5.13 Å². The van der Waals surface area contributed by atoms with Gasteiger partial charge in [0.05, 0.1) is 34.0 Å². The molecule has 0 N–H and O–H groups in total. The summed E-state index contributed by atoms with van der Waals surface area (Å²) in [5.41, 5.74) is 5.44. The van der Waals surface area contributed by atoms with Crippen LogP contribution in [0.4, 0.5) is 10.8 Å². The van der Waals surface area contributed by atoms with Gasteiger partial charge in [-0.2, -0.15) is 0 Å². The topological polar surface area (TPSA) is 83.0 Å². The smallest absolute Gasteiger partial charge is 0.264 e. The third kappa shape index (κ3) is 6.58. The largest absolute Gasteiger partial charge is 0.379 e. The van der Waals surface area contributed by atoms with Crippen LogP contribution in [0.1, 0.15) is 39.9 Å². The number of nitrogens with zero attached hydrogens (tertiary/aromatic N) is 4. The molecule has 0 aliphatic carbocycles. The Labute approximate surface area is 263 Å². The van der Waals surface area contributed by atoms with Gasteiger partial charge in [0.2, 0.25) is 0 Å². The fraction of sp³-hybridized carbons (Fsp3) is 0.375. The number of anilines is 2. The minimum Gasteiger partial charge on any atom is -0.379 e. The van der Waals surface area contributed by atoms with Gasteiger partial charge in [-0.05, 0) is 92.3 Å². The highest BCUT2D eigenvalue weighted by Gasteiger charge is 2.29. The Morgan fingerprint density at radius 2 is 1.72 bits per heavy atom. The van der Waals surface area contributed by atoms with Crippen LogP contribution in [0, 0.1) is 13.8 Å². The van der Waals surface area contributed by atoms with Crippen LogP contribution in [0.3, 0.4) is 0 Å². The average molecular weight is 641 g/mol. The maximum atomic E-state index is 14.0. The Morgan fingerprint density at radius 1 is 1.00 bits per heavy atom. The second-order valence-corrected chi connectivity index (χ2v) is 13.9. The van der Waals surface area contributed by atoms with E-state index in [1.807, 2.05) is 24.3 Å². The highest BCUT2D eigenvalue weighted by molar-refractivity contribution is 7.92. The summed E-state index contributed by atoms with van der Waals surface area (Å²) < 4.78 is 35.3. The Hall–Kier alpha value is -3.02. The minimum atomic E-state index is -3.76. The molecule has 0 spiro atoms. The number of rotatable bonds is 8. The van der Waals surface area contributed by atoms with Gasteiger partial charge >= 0.3 is 0 Å². The number of hydrogen-bond donors (Lipinski definition) is 0. The zero-order valence-corrected chi connectivity index (χ0v) is 26.9. The van der Waals surface area contributed by atoms with Crippen molar-refractivity contribution in [1.29, 1.82) is 0 Å². The summed E-state index contributed by atoms with van der Waals surface area (Å²) in [4.78, 5) is 23.1. The maximum absolute atomic E-state index is 14.0. The SMILES string of the molecule is Cc1cc2nc(N(CCCN3CCOCC3)C(=O)c3ccc(S(=O)(=O)N4CCCc5ccccc54)cc3)sc2cc1C.Cl. The standard InChI is InChI=1S/C32H36N4O4S2.ClH/c1-23-21-28-30(22-24(23)2)41-32(33-28)35(15-6-14-34-17-19-40-20-18-34)31(37)26-10-12-27(13-11-26)42(38,39)36-16-5-8-25-7-3-4-9-29(25)36;/h3-4,7,9-13,21-22H,5-6,8,14-20H2,1-2H3;1H. The summed E-state index contributed by atoms with van der Waals surface area (Å²) in [5.74, 6) is -0.184. The quantitative estimate of drug-likeness (QED) is 0.241. The fourth-order valence-electron chi connectivity index (χ4n) is 5.65. The van der Waals surface area contributed by atoms with Crippen LogP contribution in [-0.4, -0.2) is 70.1 Å². The number of sulfonamides is 1. The first kappa shape index (κ1) is 31.4. The van der Waals surface area contributed by atoms with Crippen LogP contribution in [0.15, 0.2) is 65.6 Å². The van der Waals surface area contributed by atoms with E-state index in [4.69, 9.17) is 9.72 Å². The Kier molecular flexibility index (Phi) is 9.73. The van der Waals surface area contributed by atoms with Crippen molar-refractivity contribution in [2.24, 2.45) is 0 Å². The molecule has 2 aliphatic rings. The van der Waals surface area contributed by atoms with Crippen molar-refractivity contribution in [2.75, 3.05) is 55.1 Å². The molecule has 0 unspecified atom stereocenters. The lowest BCUT2D eigenvalue weighted by atomic mass is 10.0. The van der Waals surface area contributed by atoms with E-state index in [1.54, 1.807) is 29.2 Å². The van der Waals surface area contributed by atoms with Crippen LogP contribution >= 0.6 is 23.7 Å². The molecule has 3 aromatic carbocycles. The second kappa shape index (κ2) is 13.3. The summed E-state index contributed by atoms with van der Waals surface area (Å²) in [6.07, 6.45) is 2.43. The van der Waals surface area contributed by atoms with Crippen LogP contribution in [0.25, 0.3) is 10.2 Å². The predicted octanol–water partition coefficient (Wildman–Crippen LogP) is 5.85. The molecule has 0 bridgehead atoms. The molecule has 1 saturated heterocycles. The van der Waals surface area contributed by atoms with Gasteiger partial charge in [-0.15, -0.1) is 12.4 Å². The molecule has 3 heterocycles. The number of carbonyl (C=O) groups is 1. The Morgan fingerprint density at radius 3 is 2.49 bits per heavy atom. The molecular formula is C32H37ClN4O4S2. The number of para-hydroxylation sites is 1. The van der Waals surface area contributed by atoms with E-state index in [9.17, 15) is 13.2 Å². The summed E-state index contributed by atoms with van der Waals surface area (Å²) in [7, 11) is -3.76. The zero-order chi connectivity index (χ0) is 29.3. The highest BCUT2D eigenvalue weighted by atomic mass is 35.5. The third-order valence-electron chi connectivity index (χ3n) is 8.19. The van der Waals surface area contributed by atoms with Crippen molar-refractivity contribution in [3.05, 3.63) is 82.9 Å². The van der Waals surface area contributed by atoms with E-state index in [-0.39, 0.29) is 23.2 Å². The number of aryl methyl sites for hydroxylation is 3. The lowest BCUT2D eigenvalue weighted by Crippen LogP contribution is -2.39. The first-order valence-electron chi connectivity index (χ1n) is 14.5. The molecule has 6 rings (SSSR count). The molecule has 11 heteroatoms. The van der Waals surface area contributed by atoms with Crippen molar-refractivity contribution in [1.82, 2.24) is 9.88 Å². The number of hydrogen-bond acceptors (Lipinski definition) is 7. The molecule has 0 atom stereocenters. The molecule has 1 amide bonds. The highest BCUT2D eigenvalue weighted by Crippen LogP contribution is 2.34. The average Bonchev–Trinajstić information content (AvgIpc) is 3.41. The number of benzene rings is 3. The van der Waals surface area contributed by atoms with Gasteiger partial charge in [0.1, 0.15) is 0 Å².